The van der Waals surface area contributed by atoms with E-state index in [1.54, 1.807) is 24.3 Å². The fourth-order valence-electron chi connectivity index (χ4n) is 2.08. The fraction of sp³-hybridized carbons (Fsp3) is 0.200. The quantitative estimate of drug-likeness (QED) is 0.883. The summed E-state index contributed by atoms with van der Waals surface area (Å²) in [4.78, 5) is 0. The summed E-state index contributed by atoms with van der Waals surface area (Å²) >= 11 is 3.33. The average molecular weight is 354 g/mol. The number of ether oxygens (including phenoxy) is 2. The molecule has 21 heavy (non-hydrogen) atoms. The van der Waals surface area contributed by atoms with Gasteiger partial charge in [-0.25, -0.2) is 4.39 Å². The number of fused-ring (bicyclic) bond motifs is 1. The minimum atomic E-state index is -0.741. The van der Waals surface area contributed by atoms with Crippen LogP contribution >= 0.6 is 15.9 Å². The first-order valence-corrected chi connectivity index (χ1v) is 7.19. The summed E-state index contributed by atoms with van der Waals surface area (Å²) in [6.45, 7) is 0.449. The van der Waals surface area contributed by atoms with Gasteiger partial charge in [-0.1, -0.05) is 6.07 Å². The minimum absolute atomic E-state index is 0.198. The maximum Gasteiger partial charge on any atom is 0.231 e. The predicted molar refractivity (Wildman–Crippen MR) is 80.1 cm³/mol. The molecule has 6 heteroatoms. The molecular formula is C15H13BrFNO3. The lowest BCUT2D eigenvalue weighted by atomic mass is 10.1. The summed E-state index contributed by atoms with van der Waals surface area (Å²) in [6, 6.07) is 9.64. The summed E-state index contributed by atoms with van der Waals surface area (Å²) < 4.78 is 24.4. The Morgan fingerprint density at radius 2 is 2.00 bits per heavy atom. The van der Waals surface area contributed by atoms with Crippen molar-refractivity contribution in [1.29, 1.82) is 0 Å². The van der Waals surface area contributed by atoms with Gasteiger partial charge in [0.05, 0.1) is 11.8 Å². The zero-order chi connectivity index (χ0) is 14.8. The van der Waals surface area contributed by atoms with Crippen molar-refractivity contribution in [3.8, 4) is 11.5 Å². The Balaban J connectivity index is 1.69. The van der Waals surface area contributed by atoms with Gasteiger partial charge in [0.2, 0.25) is 6.79 Å². The van der Waals surface area contributed by atoms with E-state index < -0.39 is 6.10 Å². The second kappa shape index (κ2) is 5.91. The third kappa shape index (κ3) is 3.11. The first-order chi connectivity index (χ1) is 10.1. The lowest BCUT2D eigenvalue weighted by Gasteiger charge is -2.14. The number of halogens is 2. The Hall–Kier alpha value is -1.79. The monoisotopic (exact) mass is 353 g/mol. The number of aliphatic hydroxyl groups is 1. The first-order valence-electron chi connectivity index (χ1n) is 6.40. The van der Waals surface area contributed by atoms with Crippen LogP contribution in [0.4, 0.5) is 10.1 Å². The summed E-state index contributed by atoms with van der Waals surface area (Å²) in [6.07, 6.45) is -0.741. The number of anilines is 1. The van der Waals surface area contributed by atoms with Crippen molar-refractivity contribution in [3.05, 3.63) is 52.3 Å². The molecular weight excluding hydrogens is 341 g/mol. The number of hydrogen-bond donors (Lipinski definition) is 2. The van der Waals surface area contributed by atoms with Crippen LogP contribution in [0.15, 0.2) is 40.9 Å². The van der Waals surface area contributed by atoms with Crippen molar-refractivity contribution in [3.63, 3.8) is 0 Å². The van der Waals surface area contributed by atoms with Crippen LogP contribution in [0.2, 0.25) is 0 Å². The number of nitrogens with one attached hydrogen (secondary N) is 1. The third-order valence-corrected chi connectivity index (χ3v) is 3.89. The van der Waals surface area contributed by atoms with Crippen molar-refractivity contribution < 1.29 is 19.0 Å². The molecule has 1 aliphatic heterocycles. The molecule has 2 aromatic rings. The molecule has 1 unspecified atom stereocenters. The minimum Gasteiger partial charge on any atom is -0.454 e. The molecule has 1 atom stereocenters. The number of aliphatic hydroxyl groups excluding tert-OH is 1. The Morgan fingerprint density at radius 1 is 1.19 bits per heavy atom. The van der Waals surface area contributed by atoms with E-state index in [0.29, 0.717) is 22.7 Å². The highest BCUT2D eigenvalue weighted by Crippen LogP contribution is 2.34. The van der Waals surface area contributed by atoms with E-state index in [4.69, 9.17) is 9.47 Å². The summed E-state index contributed by atoms with van der Waals surface area (Å²) in [5.41, 5.74) is 1.30. The summed E-state index contributed by atoms with van der Waals surface area (Å²) in [7, 11) is 0. The van der Waals surface area contributed by atoms with Crippen molar-refractivity contribution in [2.75, 3.05) is 18.7 Å². The molecule has 0 spiro atoms. The van der Waals surface area contributed by atoms with Crippen LogP contribution in [0.25, 0.3) is 0 Å². The highest BCUT2D eigenvalue weighted by atomic mass is 79.9. The molecule has 0 aliphatic carbocycles. The van der Waals surface area contributed by atoms with E-state index in [1.807, 2.05) is 0 Å². The molecule has 4 nitrogen and oxygen atoms in total. The van der Waals surface area contributed by atoms with Gasteiger partial charge in [0.15, 0.2) is 11.5 Å². The molecule has 110 valence electrons. The van der Waals surface area contributed by atoms with Crippen LogP contribution in [-0.4, -0.2) is 18.4 Å². The maximum atomic E-state index is 13.2. The van der Waals surface area contributed by atoms with Gasteiger partial charge in [-0.15, -0.1) is 0 Å². The van der Waals surface area contributed by atoms with Crippen LogP contribution in [0.1, 0.15) is 11.7 Å². The van der Waals surface area contributed by atoms with Gasteiger partial charge in [-0.3, -0.25) is 0 Å². The average Bonchev–Trinajstić information content (AvgIpc) is 2.95. The fourth-order valence-corrected chi connectivity index (χ4v) is 2.46. The maximum absolute atomic E-state index is 13.2. The molecule has 1 heterocycles. The molecule has 0 aromatic heterocycles. The zero-order valence-electron chi connectivity index (χ0n) is 11.0. The molecule has 2 aromatic carbocycles. The highest BCUT2D eigenvalue weighted by Gasteiger charge is 2.16. The highest BCUT2D eigenvalue weighted by molar-refractivity contribution is 9.10. The SMILES string of the molecule is OC(CNc1cc(F)ccc1Br)c1ccc2c(c1)OCO2. The summed E-state index contributed by atoms with van der Waals surface area (Å²) in [5.74, 6) is 0.962. The zero-order valence-corrected chi connectivity index (χ0v) is 12.6. The molecule has 0 bridgehead atoms. The standard InChI is InChI=1S/C15H13BrFNO3/c16-11-3-2-10(17)6-12(11)18-7-13(19)9-1-4-14-15(5-9)21-8-20-14/h1-6,13,18-19H,7-8H2. The van der Waals surface area contributed by atoms with Gasteiger partial charge >= 0.3 is 0 Å². The van der Waals surface area contributed by atoms with Gasteiger partial charge in [0.1, 0.15) is 5.82 Å². The Kier molecular flexibility index (Phi) is 3.98. The molecule has 0 saturated heterocycles. The Bertz CT molecular complexity index is 665. The normalized spacial score (nSPS) is 14.0. The van der Waals surface area contributed by atoms with E-state index >= 15 is 0 Å². The molecule has 2 N–H and O–H groups in total. The molecule has 0 radical (unpaired) electrons. The van der Waals surface area contributed by atoms with Gasteiger partial charge in [0, 0.05) is 11.0 Å². The lowest BCUT2D eigenvalue weighted by molar-refractivity contribution is 0.173. The van der Waals surface area contributed by atoms with Gasteiger partial charge in [-0.2, -0.15) is 0 Å². The van der Waals surface area contributed by atoms with Crippen LogP contribution in [0, 0.1) is 5.82 Å². The van der Waals surface area contributed by atoms with Crippen LogP contribution < -0.4 is 14.8 Å². The van der Waals surface area contributed by atoms with Crippen LogP contribution in [0.3, 0.4) is 0 Å². The smallest absolute Gasteiger partial charge is 0.231 e. The second-order valence-electron chi connectivity index (χ2n) is 4.63. The van der Waals surface area contributed by atoms with Gasteiger partial charge in [-0.05, 0) is 51.8 Å². The van der Waals surface area contributed by atoms with Crippen molar-refractivity contribution >= 4 is 21.6 Å². The molecule has 1 aliphatic rings. The van der Waals surface area contributed by atoms with Crippen LogP contribution in [0.5, 0.6) is 11.5 Å². The van der Waals surface area contributed by atoms with Gasteiger partial charge < -0.3 is 19.9 Å². The largest absolute Gasteiger partial charge is 0.454 e. The number of rotatable bonds is 4. The Morgan fingerprint density at radius 3 is 2.86 bits per heavy atom. The van der Waals surface area contributed by atoms with E-state index in [-0.39, 0.29) is 19.2 Å². The van der Waals surface area contributed by atoms with E-state index in [2.05, 4.69) is 21.2 Å². The van der Waals surface area contributed by atoms with E-state index in [0.717, 1.165) is 4.47 Å². The Labute approximate surface area is 129 Å². The summed E-state index contributed by atoms with van der Waals surface area (Å²) in [5, 5.41) is 13.2. The van der Waals surface area contributed by atoms with Gasteiger partial charge in [0.25, 0.3) is 0 Å². The molecule has 3 rings (SSSR count). The van der Waals surface area contributed by atoms with Crippen molar-refractivity contribution in [1.82, 2.24) is 0 Å². The van der Waals surface area contributed by atoms with E-state index in [9.17, 15) is 9.50 Å². The lowest BCUT2D eigenvalue weighted by Crippen LogP contribution is -2.12. The van der Waals surface area contributed by atoms with Crippen molar-refractivity contribution in [2.24, 2.45) is 0 Å². The second-order valence-corrected chi connectivity index (χ2v) is 5.49. The third-order valence-electron chi connectivity index (χ3n) is 3.20. The van der Waals surface area contributed by atoms with Crippen molar-refractivity contribution in [2.45, 2.75) is 6.10 Å². The molecule has 0 saturated carbocycles. The topological polar surface area (TPSA) is 50.7 Å². The predicted octanol–water partition coefficient (Wildman–Crippen LogP) is 3.46. The number of benzene rings is 2. The van der Waals surface area contributed by atoms with E-state index in [1.165, 1.54) is 12.1 Å². The molecule has 0 fully saturated rings. The van der Waals surface area contributed by atoms with Crippen LogP contribution in [-0.2, 0) is 0 Å². The first kappa shape index (κ1) is 14.2. The number of hydrogen-bond acceptors (Lipinski definition) is 4. The molecule has 0 amide bonds.